The first kappa shape index (κ1) is 22.3. The van der Waals surface area contributed by atoms with Gasteiger partial charge in [-0.05, 0) is 56.0 Å². The van der Waals surface area contributed by atoms with E-state index in [1.54, 1.807) is 28.6 Å². The Morgan fingerprint density at radius 3 is 2.40 bits per heavy atom. The summed E-state index contributed by atoms with van der Waals surface area (Å²) in [4.78, 5) is 12.5. The third-order valence-electron chi connectivity index (χ3n) is 5.23. The van der Waals surface area contributed by atoms with E-state index in [9.17, 15) is 13.2 Å². The van der Waals surface area contributed by atoms with Gasteiger partial charge in [0.1, 0.15) is 12.4 Å². The number of aryl methyl sites for hydroxylation is 1. The van der Waals surface area contributed by atoms with Crippen molar-refractivity contribution in [2.45, 2.75) is 44.9 Å². The standard InChI is InChI=1S/C23H30N2O4S/c1-18-8-4-5-9-22(18)29-16-19(2)24-23(26)21-12-10-20(11-13-21)17-30(27,28)25-14-6-3-7-15-25/h4-5,8-13,19H,3,6-7,14-17H2,1-2H3,(H,24,26). The third-order valence-corrected chi connectivity index (χ3v) is 7.08. The number of carbonyl (C=O) groups excluding carboxylic acids is 1. The van der Waals surface area contributed by atoms with E-state index < -0.39 is 10.0 Å². The van der Waals surface area contributed by atoms with Gasteiger partial charge < -0.3 is 10.1 Å². The predicted octanol–water partition coefficient (Wildman–Crippen LogP) is 3.51. The Balaban J connectivity index is 1.52. The largest absolute Gasteiger partial charge is 0.491 e. The molecular weight excluding hydrogens is 400 g/mol. The van der Waals surface area contributed by atoms with Crippen LogP contribution in [0, 0.1) is 6.92 Å². The van der Waals surface area contributed by atoms with Crippen LogP contribution >= 0.6 is 0 Å². The van der Waals surface area contributed by atoms with Crippen molar-refractivity contribution < 1.29 is 17.9 Å². The fraction of sp³-hybridized carbons (Fsp3) is 0.435. The van der Waals surface area contributed by atoms with Crippen LogP contribution in [0.1, 0.15) is 47.7 Å². The van der Waals surface area contributed by atoms with E-state index in [-0.39, 0.29) is 17.7 Å². The Hall–Kier alpha value is -2.38. The lowest BCUT2D eigenvalue weighted by atomic mass is 10.1. The molecule has 0 aliphatic carbocycles. The van der Waals surface area contributed by atoms with Gasteiger partial charge in [0, 0.05) is 18.7 Å². The number of hydrogen-bond acceptors (Lipinski definition) is 4. The third kappa shape index (κ3) is 6.06. The van der Waals surface area contributed by atoms with Gasteiger partial charge in [0.15, 0.2) is 0 Å². The van der Waals surface area contributed by atoms with Crippen LogP contribution in [-0.4, -0.2) is 44.4 Å². The molecule has 1 unspecified atom stereocenters. The van der Waals surface area contributed by atoms with Gasteiger partial charge in [0.05, 0.1) is 11.8 Å². The lowest BCUT2D eigenvalue weighted by molar-refractivity contribution is 0.0926. The minimum Gasteiger partial charge on any atom is -0.491 e. The monoisotopic (exact) mass is 430 g/mol. The highest BCUT2D eigenvalue weighted by Gasteiger charge is 2.24. The maximum absolute atomic E-state index is 12.6. The van der Waals surface area contributed by atoms with Crippen molar-refractivity contribution in [1.82, 2.24) is 9.62 Å². The van der Waals surface area contributed by atoms with Crippen molar-refractivity contribution in [3.05, 3.63) is 65.2 Å². The minimum atomic E-state index is -3.31. The van der Waals surface area contributed by atoms with Gasteiger partial charge in [-0.2, -0.15) is 0 Å². The van der Waals surface area contributed by atoms with Crippen molar-refractivity contribution in [2.24, 2.45) is 0 Å². The molecule has 1 aliphatic rings. The lowest BCUT2D eigenvalue weighted by Gasteiger charge is -2.25. The summed E-state index contributed by atoms with van der Waals surface area (Å²) in [6, 6.07) is 14.3. The van der Waals surface area contributed by atoms with E-state index in [1.165, 1.54) is 0 Å². The quantitative estimate of drug-likeness (QED) is 0.695. The van der Waals surface area contributed by atoms with Gasteiger partial charge in [-0.1, -0.05) is 36.8 Å². The molecule has 3 rings (SSSR count). The molecule has 0 radical (unpaired) electrons. The van der Waals surface area contributed by atoms with E-state index >= 15 is 0 Å². The highest BCUT2D eigenvalue weighted by Crippen LogP contribution is 2.18. The highest BCUT2D eigenvalue weighted by molar-refractivity contribution is 7.88. The summed E-state index contributed by atoms with van der Waals surface area (Å²) in [5.74, 6) is 0.564. The average Bonchev–Trinajstić information content (AvgIpc) is 2.74. The summed E-state index contributed by atoms with van der Waals surface area (Å²) in [6.45, 7) is 5.43. The summed E-state index contributed by atoms with van der Waals surface area (Å²) >= 11 is 0. The van der Waals surface area contributed by atoms with E-state index in [0.717, 1.165) is 30.6 Å². The SMILES string of the molecule is Cc1ccccc1OCC(C)NC(=O)c1ccc(CS(=O)(=O)N2CCCCC2)cc1. The van der Waals surface area contributed by atoms with Crippen molar-refractivity contribution in [1.29, 1.82) is 0 Å². The maximum Gasteiger partial charge on any atom is 0.251 e. The highest BCUT2D eigenvalue weighted by atomic mass is 32.2. The van der Waals surface area contributed by atoms with Crippen molar-refractivity contribution in [2.75, 3.05) is 19.7 Å². The van der Waals surface area contributed by atoms with E-state index in [0.29, 0.717) is 30.8 Å². The molecule has 1 heterocycles. The normalized spacial score (nSPS) is 16.1. The number of para-hydroxylation sites is 1. The van der Waals surface area contributed by atoms with Crippen LogP contribution in [0.15, 0.2) is 48.5 Å². The molecule has 1 amide bonds. The smallest absolute Gasteiger partial charge is 0.251 e. The minimum absolute atomic E-state index is 0.0322. The summed E-state index contributed by atoms with van der Waals surface area (Å²) < 4.78 is 32.5. The number of ether oxygens (including phenoxy) is 1. The number of carbonyl (C=O) groups is 1. The second-order valence-electron chi connectivity index (χ2n) is 7.86. The number of nitrogens with one attached hydrogen (secondary N) is 1. The fourth-order valence-corrected chi connectivity index (χ4v) is 5.09. The molecule has 0 spiro atoms. The number of hydrogen-bond donors (Lipinski definition) is 1. The molecule has 2 aromatic carbocycles. The van der Waals surface area contributed by atoms with Gasteiger partial charge in [-0.3, -0.25) is 4.79 Å². The molecule has 6 nitrogen and oxygen atoms in total. The molecule has 7 heteroatoms. The fourth-order valence-electron chi connectivity index (χ4n) is 3.48. The molecule has 1 fully saturated rings. The van der Waals surface area contributed by atoms with E-state index in [1.807, 2.05) is 38.1 Å². The number of piperidine rings is 1. The zero-order valence-electron chi connectivity index (χ0n) is 17.6. The molecule has 1 N–H and O–H groups in total. The first-order valence-electron chi connectivity index (χ1n) is 10.4. The molecule has 1 aliphatic heterocycles. The van der Waals surface area contributed by atoms with Crippen molar-refractivity contribution in [3.8, 4) is 5.75 Å². The van der Waals surface area contributed by atoms with Crippen molar-refractivity contribution in [3.63, 3.8) is 0 Å². The summed E-state index contributed by atoms with van der Waals surface area (Å²) in [5.41, 5.74) is 2.23. The molecule has 1 saturated heterocycles. The van der Waals surface area contributed by atoms with Crippen LogP contribution in [-0.2, 0) is 15.8 Å². The Labute approximate surface area is 179 Å². The Morgan fingerprint density at radius 1 is 1.07 bits per heavy atom. The van der Waals surface area contributed by atoms with Gasteiger partial charge in [0.2, 0.25) is 10.0 Å². The lowest BCUT2D eigenvalue weighted by Crippen LogP contribution is -2.37. The number of amides is 1. The molecule has 162 valence electrons. The average molecular weight is 431 g/mol. The second kappa shape index (κ2) is 10.1. The van der Waals surface area contributed by atoms with Crippen LogP contribution in [0.4, 0.5) is 0 Å². The molecule has 0 saturated carbocycles. The molecule has 0 bridgehead atoms. The maximum atomic E-state index is 12.6. The number of sulfonamides is 1. The first-order chi connectivity index (χ1) is 14.3. The van der Waals surface area contributed by atoms with Gasteiger partial charge in [-0.15, -0.1) is 0 Å². The van der Waals surface area contributed by atoms with Crippen LogP contribution in [0.25, 0.3) is 0 Å². The van der Waals surface area contributed by atoms with Gasteiger partial charge in [-0.25, -0.2) is 12.7 Å². The Morgan fingerprint density at radius 2 is 1.73 bits per heavy atom. The first-order valence-corrected chi connectivity index (χ1v) is 12.0. The zero-order chi connectivity index (χ0) is 21.6. The summed E-state index contributed by atoms with van der Waals surface area (Å²) in [7, 11) is -3.31. The van der Waals surface area contributed by atoms with E-state index in [4.69, 9.17) is 4.74 Å². The number of nitrogens with zero attached hydrogens (tertiary/aromatic N) is 1. The topological polar surface area (TPSA) is 75.7 Å². The van der Waals surface area contributed by atoms with Crippen LogP contribution in [0.5, 0.6) is 5.75 Å². The summed E-state index contributed by atoms with van der Waals surface area (Å²) in [6.07, 6.45) is 2.93. The van der Waals surface area contributed by atoms with Gasteiger partial charge >= 0.3 is 0 Å². The Kier molecular flexibility index (Phi) is 7.50. The van der Waals surface area contributed by atoms with Gasteiger partial charge in [0.25, 0.3) is 5.91 Å². The predicted molar refractivity (Wildman–Crippen MR) is 118 cm³/mol. The van der Waals surface area contributed by atoms with E-state index in [2.05, 4.69) is 5.32 Å². The van der Waals surface area contributed by atoms with Crippen molar-refractivity contribution >= 4 is 15.9 Å². The molecular formula is C23H30N2O4S. The van der Waals surface area contributed by atoms with Crippen LogP contribution < -0.4 is 10.1 Å². The summed E-state index contributed by atoms with van der Waals surface area (Å²) in [5, 5.41) is 2.91. The molecule has 30 heavy (non-hydrogen) atoms. The molecule has 0 aromatic heterocycles. The number of rotatable bonds is 8. The van der Waals surface area contributed by atoms with Crippen LogP contribution in [0.2, 0.25) is 0 Å². The molecule has 2 aromatic rings. The van der Waals surface area contributed by atoms with Crippen LogP contribution in [0.3, 0.4) is 0 Å². The number of benzene rings is 2. The molecule has 1 atom stereocenters. The Bertz CT molecular complexity index is 951. The zero-order valence-corrected chi connectivity index (χ0v) is 18.5. The second-order valence-corrected chi connectivity index (χ2v) is 9.83.